The quantitative estimate of drug-likeness (QED) is 0.815. The van der Waals surface area contributed by atoms with Gasteiger partial charge in [0.1, 0.15) is 5.92 Å². The summed E-state index contributed by atoms with van der Waals surface area (Å²) >= 11 is 0. The molecular weight excluding hydrogens is 220 g/mol. The average molecular weight is 230 g/mol. The highest BCUT2D eigenvalue weighted by Gasteiger charge is 2.18. The van der Waals surface area contributed by atoms with Crippen molar-refractivity contribution in [1.29, 1.82) is 5.26 Å². The van der Waals surface area contributed by atoms with Gasteiger partial charge in [-0.05, 0) is 24.6 Å². The lowest BCUT2D eigenvalue weighted by Crippen LogP contribution is -2.11. The summed E-state index contributed by atoms with van der Waals surface area (Å²) in [5.74, 6) is -1.44. The van der Waals surface area contributed by atoms with Gasteiger partial charge in [-0.25, -0.2) is 4.79 Å². The molecule has 0 amide bonds. The Hall–Kier alpha value is -2.35. The van der Waals surface area contributed by atoms with Crippen LogP contribution in [-0.4, -0.2) is 10.8 Å². The number of H-pyrrole nitrogens is 1. The highest BCUT2D eigenvalue weighted by molar-refractivity contribution is 6.01. The van der Waals surface area contributed by atoms with Crippen molar-refractivity contribution in [1.82, 2.24) is 4.98 Å². The molecule has 0 bridgehead atoms. The van der Waals surface area contributed by atoms with Crippen LogP contribution in [0.25, 0.3) is 11.1 Å². The standard InChI is InChI=1S/C12H10N2O3/c1-2-7(6-13)11(15)8-3-4-10-9(5-8)14-12(16)17-10/h3-5,7H,2H2,1H3,(H,14,16). The lowest BCUT2D eigenvalue weighted by atomic mass is 9.96. The first-order valence-corrected chi connectivity index (χ1v) is 5.22. The number of oxazole rings is 1. The van der Waals surface area contributed by atoms with Crippen molar-refractivity contribution in [3.63, 3.8) is 0 Å². The maximum atomic E-state index is 11.9. The Morgan fingerprint density at radius 3 is 3.00 bits per heavy atom. The highest BCUT2D eigenvalue weighted by atomic mass is 16.4. The predicted molar refractivity (Wildman–Crippen MR) is 60.6 cm³/mol. The van der Waals surface area contributed by atoms with Gasteiger partial charge in [-0.1, -0.05) is 6.92 Å². The van der Waals surface area contributed by atoms with Crippen LogP contribution in [0.4, 0.5) is 0 Å². The molecule has 1 N–H and O–H groups in total. The van der Waals surface area contributed by atoms with Crippen LogP contribution in [0.5, 0.6) is 0 Å². The Balaban J connectivity index is 2.46. The van der Waals surface area contributed by atoms with E-state index in [9.17, 15) is 9.59 Å². The molecule has 86 valence electrons. The van der Waals surface area contributed by atoms with Crippen LogP contribution in [0.15, 0.2) is 27.4 Å². The first-order valence-electron chi connectivity index (χ1n) is 5.22. The van der Waals surface area contributed by atoms with E-state index in [1.54, 1.807) is 19.1 Å². The Labute approximate surface area is 96.7 Å². The van der Waals surface area contributed by atoms with Crippen molar-refractivity contribution in [2.45, 2.75) is 13.3 Å². The van der Waals surface area contributed by atoms with Crippen molar-refractivity contribution in [2.75, 3.05) is 0 Å². The Bertz CT molecular complexity index is 660. The van der Waals surface area contributed by atoms with Gasteiger partial charge in [0, 0.05) is 5.56 Å². The van der Waals surface area contributed by atoms with E-state index in [2.05, 4.69) is 4.98 Å². The van der Waals surface area contributed by atoms with Gasteiger partial charge >= 0.3 is 5.76 Å². The van der Waals surface area contributed by atoms with Gasteiger partial charge in [0.25, 0.3) is 0 Å². The van der Waals surface area contributed by atoms with Crippen LogP contribution in [0, 0.1) is 17.2 Å². The lowest BCUT2D eigenvalue weighted by Gasteiger charge is -2.04. The number of nitriles is 1. The first-order chi connectivity index (χ1) is 8.15. The number of aromatic nitrogens is 1. The minimum absolute atomic E-state index is 0.237. The molecule has 1 atom stereocenters. The zero-order valence-corrected chi connectivity index (χ0v) is 9.19. The maximum Gasteiger partial charge on any atom is 0.417 e. The lowest BCUT2D eigenvalue weighted by molar-refractivity contribution is 0.0947. The Morgan fingerprint density at radius 1 is 1.59 bits per heavy atom. The van der Waals surface area contributed by atoms with Crippen molar-refractivity contribution in [3.8, 4) is 6.07 Å². The van der Waals surface area contributed by atoms with Crippen molar-refractivity contribution in [3.05, 3.63) is 34.3 Å². The molecule has 0 aliphatic carbocycles. The molecule has 1 heterocycles. The van der Waals surface area contributed by atoms with E-state index < -0.39 is 11.7 Å². The molecule has 1 aromatic carbocycles. The zero-order valence-electron chi connectivity index (χ0n) is 9.19. The number of ketones is 1. The van der Waals surface area contributed by atoms with Gasteiger partial charge in [-0.2, -0.15) is 5.26 Å². The van der Waals surface area contributed by atoms with E-state index in [0.29, 0.717) is 23.1 Å². The molecule has 0 spiro atoms. The Morgan fingerprint density at radius 2 is 2.35 bits per heavy atom. The van der Waals surface area contributed by atoms with Gasteiger partial charge in [0.05, 0.1) is 11.6 Å². The van der Waals surface area contributed by atoms with E-state index in [4.69, 9.17) is 9.68 Å². The third-order valence-electron chi connectivity index (χ3n) is 2.58. The summed E-state index contributed by atoms with van der Waals surface area (Å²) in [7, 11) is 0. The van der Waals surface area contributed by atoms with Crippen LogP contribution in [0.1, 0.15) is 23.7 Å². The van der Waals surface area contributed by atoms with E-state index >= 15 is 0 Å². The number of nitrogens with one attached hydrogen (secondary N) is 1. The summed E-state index contributed by atoms with van der Waals surface area (Å²) < 4.78 is 4.83. The van der Waals surface area contributed by atoms with Gasteiger partial charge in [-0.15, -0.1) is 0 Å². The fourth-order valence-electron chi connectivity index (χ4n) is 1.64. The number of aromatic amines is 1. The smallest absolute Gasteiger partial charge is 0.408 e. The largest absolute Gasteiger partial charge is 0.417 e. The number of fused-ring (bicyclic) bond motifs is 1. The Kier molecular flexibility index (Phi) is 2.79. The van der Waals surface area contributed by atoms with Crippen LogP contribution < -0.4 is 5.76 Å². The number of carbonyl (C=O) groups is 1. The summed E-state index contributed by atoms with van der Waals surface area (Å²) in [6, 6.07) is 6.59. The number of carbonyl (C=O) groups excluding carboxylic acids is 1. The number of Topliss-reactive ketones (excluding diaryl/α,β-unsaturated/α-hetero) is 1. The second kappa shape index (κ2) is 4.26. The van der Waals surface area contributed by atoms with Gasteiger partial charge < -0.3 is 4.42 Å². The van der Waals surface area contributed by atoms with Gasteiger partial charge in [0.2, 0.25) is 0 Å². The van der Waals surface area contributed by atoms with Gasteiger partial charge in [0.15, 0.2) is 11.4 Å². The SMILES string of the molecule is CCC(C#N)C(=O)c1ccc2oc(=O)[nH]c2c1. The molecule has 0 saturated carbocycles. The number of nitrogens with zero attached hydrogens (tertiary/aromatic N) is 1. The topological polar surface area (TPSA) is 86.9 Å². The fraction of sp³-hybridized carbons (Fsp3) is 0.250. The number of rotatable bonds is 3. The first kappa shape index (κ1) is 11.1. The molecule has 1 unspecified atom stereocenters. The fourth-order valence-corrected chi connectivity index (χ4v) is 1.64. The van der Waals surface area contributed by atoms with Crippen molar-refractivity contribution in [2.24, 2.45) is 5.92 Å². The molecule has 0 aliphatic heterocycles. The van der Waals surface area contributed by atoms with E-state index in [1.165, 1.54) is 6.07 Å². The molecular formula is C12H10N2O3. The third kappa shape index (κ3) is 1.97. The number of hydrogen-bond donors (Lipinski definition) is 1. The van der Waals surface area contributed by atoms with Crippen molar-refractivity contribution < 1.29 is 9.21 Å². The van der Waals surface area contributed by atoms with E-state index in [0.717, 1.165) is 0 Å². The van der Waals surface area contributed by atoms with Crippen LogP contribution in [0.3, 0.4) is 0 Å². The summed E-state index contributed by atoms with van der Waals surface area (Å²) in [6.45, 7) is 1.78. The minimum Gasteiger partial charge on any atom is -0.408 e. The average Bonchev–Trinajstić information content (AvgIpc) is 2.69. The summed E-state index contributed by atoms with van der Waals surface area (Å²) in [6.07, 6.45) is 0.468. The van der Waals surface area contributed by atoms with Crippen molar-refractivity contribution >= 4 is 16.9 Å². The molecule has 0 radical (unpaired) electrons. The normalized spacial score (nSPS) is 12.2. The van der Waals surface area contributed by atoms with E-state index in [1.807, 2.05) is 6.07 Å². The highest BCUT2D eigenvalue weighted by Crippen LogP contribution is 2.16. The summed E-state index contributed by atoms with van der Waals surface area (Å²) in [4.78, 5) is 25.3. The van der Waals surface area contributed by atoms with Gasteiger partial charge in [-0.3, -0.25) is 9.78 Å². The van der Waals surface area contributed by atoms with Crippen LogP contribution in [-0.2, 0) is 0 Å². The van der Waals surface area contributed by atoms with E-state index in [-0.39, 0.29) is 5.78 Å². The zero-order chi connectivity index (χ0) is 12.4. The molecule has 0 saturated heterocycles. The molecule has 0 fully saturated rings. The summed E-state index contributed by atoms with van der Waals surface area (Å²) in [5, 5.41) is 8.83. The minimum atomic E-state index is -0.647. The molecule has 2 rings (SSSR count). The molecule has 5 nitrogen and oxygen atoms in total. The second-order valence-corrected chi connectivity index (χ2v) is 3.68. The summed E-state index contributed by atoms with van der Waals surface area (Å²) in [5.41, 5.74) is 1.27. The van der Waals surface area contributed by atoms with Crippen LogP contribution in [0.2, 0.25) is 0 Å². The van der Waals surface area contributed by atoms with Crippen LogP contribution >= 0.6 is 0 Å². The molecule has 1 aromatic heterocycles. The third-order valence-corrected chi connectivity index (χ3v) is 2.58. The second-order valence-electron chi connectivity index (χ2n) is 3.68. The monoisotopic (exact) mass is 230 g/mol. The molecule has 5 heteroatoms. The number of hydrogen-bond acceptors (Lipinski definition) is 4. The molecule has 17 heavy (non-hydrogen) atoms. The molecule has 0 aliphatic rings. The predicted octanol–water partition coefficient (Wildman–Crippen LogP) is 1.85. The number of benzene rings is 1. The molecule has 2 aromatic rings. The maximum absolute atomic E-state index is 11.9.